The van der Waals surface area contributed by atoms with Crippen LogP contribution in [0, 0.1) is 5.92 Å². The molecule has 86 valence electrons. The lowest BCUT2D eigenvalue weighted by atomic mass is 9.94. The quantitative estimate of drug-likeness (QED) is 0.414. The van der Waals surface area contributed by atoms with Crippen molar-refractivity contribution in [2.75, 3.05) is 19.7 Å². The number of allylic oxidation sites excluding steroid dienone is 2. The Hall–Kier alpha value is -0.830. The Bertz CT molecular complexity index is 214. The van der Waals surface area contributed by atoms with E-state index in [-0.39, 0.29) is 5.97 Å². The lowest BCUT2D eigenvalue weighted by Gasteiger charge is -2.17. The van der Waals surface area contributed by atoms with Crippen molar-refractivity contribution in [3.8, 4) is 0 Å². The van der Waals surface area contributed by atoms with Gasteiger partial charge >= 0.3 is 5.97 Å². The van der Waals surface area contributed by atoms with Crippen molar-refractivity contribution in [2.24, 2.45) is 5.92 Å². The Morgan fingerprint density at radius 3 is 3.07 bits per heavy atom. The Morgan fingerprint density at radius 2 is 2.40 bits per heavy atom. The van der Waals surface area contributed by atoms with Crippen LogP contribution in [-0.4, -0.2) is 25.7 Å². The summed E-state index contributed by atoms with van der Waals surface area (Å²) in [7, 11) is 0. The van der Waals surface area contributed by atoms with Crippen LogP contribution in [0.1, 0.15) is 32.6 Å². The van der Waals surface area contributed by atoms with Crippen LogP contribution in [0.5, 0.6) is 0 Å². The van der Waals surface area contributed by atoms with Crippen LogP contribution in [-0.2, 0) is 9.53 Å². The first-order chi connectivity index (χ1) is 7.33. The van der Waals surface area contributed by atoms with Crippen LogP contribution in [0.2, 0.25) is 0 Å². The number of hydrogen-bond acceptors (Lipinski definition) is 3. The summed E-state index contributed by atoms with van der Waals surface area (Å²) in [6, 6.07) is 0. The summed E-state index contributed by atoms with van der Waals surface area (Å²) in [6.07, 6.45) is 8.62. The molecule has 0 radical (unpaired) electrons. The molecule has 0 aliphatic heterocycles. The van der Waals surface area contributed by atoms with E-state index in [2.05, 4.69) is 17.5 Å². The molecule has 0 saturated carbocycles. The van der Waals surface area contributed by atoms with Crippen LogP contribution in [0.25, 0.3) is 0 Å². The van der Waals surface area contributed by atoms with Crippen molar-refractivity contribution >= 4 is 5.97 Å². The molecule has 1 aliphatic carbocycles. The lowest BCUT2D eigenvalue weighted by molar-refractivity contribution is -0.142. The molecule has 1 N–H and O–H groups in total. The van der Waals surface area contributed by atoms with Crippen LogP contribution in [0.15, 0.2) is 12.2 Å². The molecule has 1 aliphatic rings. The van der Waals surface area contributed by atoms with Gasteiger partial charge in [-0.05, 0) is 38.6 Å². The molecule has 0 aromatic carbocycles. The van der Waals surface area contributed by atoms with Crippen LogP contribution in [0.4, 0.5) is 0 Å². The van der Waals surface area contributed by atoms with Gasteiger partial charge < -0.3 is 10.1 Å². The largest absolute Gasteiger partial charge is 0.466 e. The normalized spacial score (nSPS) is 20.2. The molecule has 1 unspecified atom stereocenters. The Labute approximate surface area is 91.9 Å². The van der Waals surface area contributed by atoms with E-state index in [1.165, 1.54) is 19.3 Å². The average molecular weight is 211 g/mol. The van der Waals surface area contributed by atoms with Crippen molar-refractivity contribution in [2.45, 2.75) is 32.6 Å². The third-order valence-electron chi connectivity index (χ3n) is 2.62. The second-order valence-corrected chi connectivity index (χ2v) is 3.91. The molecule has 3 nitrogen and oxygen atoms in total. The van der Waals surface area contributed by atoms with Gasteiger partial charge in [-0.15, -0.1) is 0 Å². The number of esters is 1. The molecule has 0 amide bonds. The van der Waals surface area contributed by atoms with Crippen molar-refractivity contribution in [1.82, 2.24) is 5.32 Å². The van der Waals surface area contributed by atoms with Crippen LogP contribution >= 0.6 is 0 Å². The zero-order valence-corrected chi connectivity index (χ0v) is 9.50. The van der Waals surface area contributed by atoms with Crippen molar-refractivity contribution < 1.29 is 9.53 Å². The van der Waals surface area contributed by atoms with E-state index >= 15 is 0 Å². The second kappa shape index (κ2) is 7.46. The first kappa shape index (κ1) is 12.2. The predicted molar refractivity (Wildman–Crippen MR) is 60.6 cm³/mol. The predicted octanol–water partition coefficient (Wildman–Crippen LogP) is 1.89. The molecule has 3 heteroatoms. The van der Waals surface area contributed by atoms with Gasteiger partial charge in [-0.2, -0.15) is 0 Å². The third kappa shape index (κ3) is 5.57. The minimum absolute atomic E-state index is 0.103. The summed E-state index contributed by atoms with van der Waals surface area (Å²) in [5, 5.41) is 3.31. The molecule has 1 atom stereocenters. The van der Waals surface area contributed by atoms with E-state index in [9.17, 15) is 4.79 Å². The van der Waals surface area contributed by atoms with E-state index < -0.39 is 0 Å². The van der Waals surface area contributed by atoms with E-state index in [0.29, 0.717) is 13.0 Å². The van der Waals surface area contributed by atoms with Gasteiger partial charge in [0, 0.05) is 6.54 Å². The Balaban J connectivity index is 1.96. The maximum atomic E-state index is 11.0. The third-order valence-corrected chi connectivity index (χ3v) is 2.62. The van der Waals surface area contributed by atoms with Gasteiger partial charge in [-0.3, -0.25) is 4.79 Å². The van der Waals surface area contributed by atoms with Gasteiger partial charge in [0.15, 0.2) is 0 Å². The van der Waals surface area contributed by atoms with Crippen molar-refractivity contribution in [3.05, 3.63) is 12.2 Å². The first-order valence-electron chi connectivity index (χ1n) is 5.84. The number of ether oxygens (including phenoxy) is 1. The lowest BCUT2D eigenvalue weighted by Crippen LogP contribution is -2.26. The van der Waals surface area contributed by atoms with Crippen molar-refractivity contribution in [1.29, 1.82) is 0 Å². The number of hydrogen-bond donors (Lipinski definition) is 1. The highest BCUT2D eigenvalue weighted by atomic mass is 16.5. The molecule has 0 fully saturated rings. The van der Waals surface area contributed by atoms with Gasteiger partial charge in [0.05, 0.1) is 13.0 Å². The summed E-state index contributed by atoms with van der Waals surface area (Å²) in [6.45, 7) is 4.06. The fourth-order valence-corrected chi connectivity index (χ4v) is 1.77. The second-order valence-electron chi connectivity index (χ2n) is 3.91. The molecule has 0 aromatic rings. The van der Waals surface area contributed by atoms with E-state index in [1.807, 2.05) is 6.92 Å². The number of carbonyl (C=O) groups excluding carboxylic acids is 1. The summed E-state index contributed by atoms with van der Waals surface area (Å²) < 4.78 is 4.84. The average Bonchev–Trinajstić information content (AvgIpc) is 2.26. The summed E-state index contributed by atoms with van der Waals surface area (Å²) in [5.74, 6) is 0.644. The summed E-state index contributed by atoms with van der Waals surface area (Å²) >= 11 is 0. The monoisotopic (exact) mass is 211 g/mol. The van der Waals surface area contributed by atoms with E-state index in [0.717, 1.165) is 19.0 Å². The molecule has 0 aromatic heterocycles. The SMILES string of the molecule is CCOC(=O)CCNCC1CC=CCC1. The molecule has 0 heterocycles. The zero-order valence-electron chi connectivity index (χ0n) is 9.50. The smallest absolute Gasteiger partial charge is 0.307 e. The van der Waals surface area contributed by atoms with Gasteiger partial charge in [0.2, 0.25) is 0 Å². The molecular weight excluding hydrogens is 190 g/mol. The minimum Gasteiger partial charge on any atom is -0.466 e. The van der Waals surface area contributed by atoms with Gasteiger partial charge in [0.1, 0.15) is 0 Å². The maximum Gasteiger partial charge on any atom is 0.307 e. The fourth-order valence-electron chi connectivity index (χ4n) is 1.77. The highest BCUT2D eigenvalue weighted by Gasteiger charge is 2.09. The molecule has 0 spiro atoms. The summed E-state index contributed by atoms with van der Waals surface area (Å²) in [5.41, 5.74) is 0. The minimum atomic E-state index is -0.103. The van der Waals surface area contributed by atoms with Gasteiger partial charge in [-0.1, -0.05) is 12.2 Å². The molecule has 15 heavy (non-hydrogen) atoms. The topological polar surface area (TPSA) is 38.3 Å². The highest BCUT2D eigenvalue weighted by molar-refractivity contribution is 5.69. The number of rotatable bonds is 6. The Kier molecular flexibility index (Phi) is 6.09. The fraction of sp³-hybridized carbons (Fsp3) is 0.750. The molecule has 1 rings (SSSR count). The highest BCUT2D eigenvalue weighted by Crippen LogP contribution is 2.16. The number of carbonyl (C=O) groups is 1. The van der Waals surface area contributed by atoms with Gasteiger partial charge in [0.25, 0.3) is 0 Å². The van der Waals surface area contributed by atoms with Crippen LogP contribution < -0.4 is 5.32 Å². The Morgan fingerprint density at radius 1 is 1.53 bits per heavy atom. The zero-order chi connectivity index (χ0) is 10.9. The number of nitrogens with one attached hydrogen (secondary N) is 1. The summed E-state index contributed by atoms with van der Waals surface area (Å²) in [4.78, 5) is 11.0. The molecule has 0 bridgehead atoms. The molecule has 0 saturated heterocycles. The van der Waals surface area contributed by atoms with E-state index in [1.54, 1.807) is 0 Å². The van der Waals surface area contributed by atoms with Crippen molar-refractivity contribution in [3.63, 3.8) is 0 Å². The standard InChI is InChI=1S/C12H21NO2/c1-2-15-12(14)8-9-13-10-11-6-4-3-5-7-11/h3-4,11,13H,2,5-10H2,1H3. The maximum absolute atomic E-state index is 11.0. The molecular formula is C12H21NO2. The first-order valence-corrected chi connectivity index (χ1v) is 5.84. The van der Waals surface area contributed by atoms with E-state index in [4.69, 9.17) is 4.74 Å². The van der Waals surface area contributed by atoms with Crippen LogP contribution in [0.3, 0.4) is 0 Å². The van der Waals surface area contributed by atoms with Gasteiger partial charge in [-0.25, -0.2) is 0 Å².